The first-order valence-corrected chi connectivity index (χ1v) is 8.13. The molecule has 0 radical (unpaired) electrons. The zero-order valence-corrected chi connectivity index (χ0v) is 14.5. The van der Waals surface area contributed by atoms with Crippen LogP contribution >= 0.6 is 0 Å². The number of Topliss-reactive ketones (excluding diaryl/α,β-unsaturated/α-hetero) is 1. The molecule has 0 spiro atoms. The highest BCUT2D eigenvalue weighted by atomic mass is 16.5. The Balaban J connectivity index is 1.57. The average molecular weight is 374 g/mol. The number of tetrazole rings is 1. The van der Waals surface area contributed by atoms with Gasteiger partial charge in [-0.15, -0.1) is 10.2 Å². The van der Waals surface area contributed by atoms with Gasteiger partial charge in [-0.05, 0) is 29.5 Å². The Bertz CT molecular complexity index is 1020. The van der Waals surface area contributed by atoms with Gasteiger partial charge in [0.25, 0.3) is 0 Å². The molecule has 0 saturated carbocycles. The van der Waals surface area contributed by atoms with Crippen LogP contribution in [0.4, 0.5) is 5.69 Å². The molecule has 1 heterocycles. The highest BCUT2D eigenvalue weighted by Crippen LogP contribution is 2.13. The summed E-state index contributed by atoms with van der Waals surface area (Å²) in [6, 6.07) is 16.9. The number of nitriles is 1. The van der Waals surface area contributed by atoms with Crippen LogP contribution in [0, 0.1) is 11.3 Å². The lowest BCUT2D eigenvalue weighted by Gasteiger charge is -2.06. The highest BCUT2D eigenvalue weighted by molar-refractivity contribution is 5.99. The average Bonchev–Trinajstić information content (AvgIpc) is 3.28. The maximum absolute atomic E-state index is 12.1. The first-order valence-electron chi connectivity index (χ1n) is 8.13. The first-order chi connectivity index (χ1) is 13.7. The van der Waals surface area contributed by atoms with Crippen LogP contribution in [0.15, 0.2) is 60.8 Å². The molecule has 28 heavy (non-hydrogen) atoms. The number of aromatic amines is 1. The van der Waals surface area contributed by atoms with E-state index in [9.17, 15) is 9.59 Å². The van der Waals surface area contributed by atoms with E-state index in [2.05, 4.69) is 25.9 Å². The lowest BCUT2D eigenvalue weighted by atomic mass is 10.1. The van der Waals surface area contributed by atoms with Crippen molar-refractivity contribution in [2.24, 2.45) is 0 Å². The lowest BCUT2D eigenvalue weighted by Crippen LogP contribution is -2.14. The van der Waals surface area contributed by atoms with E-state index in [4.69, 9.17) is 10.00 Å². The summed E-state index contributed by atoms with van der Waals surface area (Å²) in [6.07, 6.45) is 1.43. The molecule has 0 bridgehead atoms. The molecule has 0 fully saturated rings. The first kappa shape index (κ1) is 18.5. The van der Waals surface area contributed by atoms with Crippen molar-refractivity contribution < 1.29 is 14.3 Å². The van der Waals surface area contributed by atoms with E-state index < -0.39 is 5.97 Å². The smallest absolute Gasteiger partial charge is 0.338 e. The van der Waals surface area contributed by atoms with Gasteiger partial charge >= 0.3 is 5.97 Å². The van der Waals surface area contributed by atoms with E-state index >= 15 is 0 Å². The quantitative estimate of drug-likeness (QED) is 0.365. The van der Waals surface area contributed by atoms with Crippen molar-refractivity contribution in [2.75, 3.05) is 11.9 Å². The Morgan fingerprint density at radius 1 is 1.11 bits per heavy atom. The van der Waals surface area contributed by atoms with Crippen molar-refractivity contribution >= 4 is 23.0 Å². The number of aromatic nitrogens is 4. The largest absolute Gasteiger partial charge is 0.454 e. The van der Waals surface area contributed by atoms with Gasteiger partial charge in [0.2, 0.25) is 5.82 Å². The summed E-state index contributed by atoms with van der Waals surface area (Å²) in [5.41, 5.74) is 1.61. The number of rotatable bonds is 7. The Hall–Kier alpha value is -4.32. The van der Waals surface area contributed by atoms with Crippen LogP contribution in [0.5, 0.6) is 0 Å². The monoisotopic (exact) mass is 374 g/mol. The van der Waals surface area contributed by atoms with Gasteiger partial charge in [-0.3, -0.25) is 4.79 Å². The summed E-state index contributed by atoms with van der Waals surface area (Å²) < 4.78 is 5.06. The zero-order valence-electron chi connectivity index (χ0n) is 14.5. The topological polar surface area (TPSA) is 134 Å². The Morgan fingerprint density at radius 2 is 1.86 bits per heavy atom. The van der Waals surface area contributed by atoms with Crippen molar-refractivity contribution in [3.05, 3.63) is 77.7 Å². The number of allylic oxidation sites excluding steroid dienone is 1. The molecule has 9 heteroatoms. The summed E-state index contributed by atoms with van der Waals surface area (Å²) in [4.78, 5) is 24.1. The molecule has 138 valence electrons. The minimum absolute atomic E-state index is 0.165. The van der Waals surface area contributed by atoms with Gasteiger partial charge in [0.05, 0.1) is 5.56 Å². The summed E-state index contributed by atoms with van der Waals surface area (Å²) in [5.74, 6) is -0.711. The summed E-state index contributed by atoms with van der Waals surface area (Å²) >= 11 is 0. The van der Waals surface area contributed by atoms with Gasteiger partial charge in [0.1, 0.15) is 11.6 Å². The number of ether oxygens (including phenoxy) is 1. The standard InChI is InChI=1S/C19H14N6O3/c20-10-15(18-22-24-25-23-18)11-21-16-8-6-14(7-9-16)19(27)28-12-17(26)13-4-2-1-3-5-13/h1-9,11,21H,12H2,(H,22,23,24,25). The van der Waals surface area contributed by atoms with Crippen molar-refractivity contribution in [1.82, 2.24) is 20.6 Å². The second-order valence-electron chi connectivity index (χ2n) is 5.49. The van der Waals surface area contributed by atoms with Gasteiger partial charge < -0.3 is 10.1 Å². The Morgan fingerprint density at radius 3 is 2.50 bits per heavy atom. The minimum atomic E-state index is -0.601. The van der Waals surface area contributed by atoms with Crippen molar-refractivity contribution in [1.29, 1.82) is 5.26 Å². The molecule has 0 saturated heterocycles. The van der Waals surface area contributed by atoms with Crippen molar-refractivity contribution in [3.8, 4) is 6.07 Å². The number of esters is 1. The minimum Gasteiger partial charge on any atom is -0.454 e. The second kappa shape index (κ2) is 8.86. The normalized spacial score (nSPS) is 10.8. The number of nitrogens with one attached hydrogen (secondary N) is 2. The summed E-state index contributed by atoms with van der Waals surface area (Å²) in [5, 5.41) is 25.1. The van der Waals surface area contributed by atoms with Crippen molar-refractivity contribution in [2.45, 2.75) is 0 Å². The van der Waals surface area contributed by atoms with Gasteiger partial charge in [-0.2, -0.15) is 10.5 Å². The molecule has 9 nitrogen and oxygen atoms in total. The molecule has 0 atom stereocenters. The predicted molar refractivity (Wildman–Crippen MR) is 98.9 cm³/mol. The molecular formula is C19H14N6O3. The molecule has 0 unspecified atom stereocenters. The third-order valence-corrected chi connectivity index (χ3v) is 3.64. The molecule has 0 aliphatic heterocycles. The van der Waals surface area contributed by atoms with E-state index in [-0.39, 0.29) is 23.8 Å². The third kappa shape index (κ3) is 4.64. The van der Waals surface area contributed by atoms with E-state index in [1.165, 1.54) is 6.20 Å². The van der Waals surface area contributed by atoms with Crippen LogP contribution in [0.3, 0.4) is 0 Å². The van der Waals surface area contributed by atoms with Crippen LogP contribution in [0.25, 0.3) is 5.57 Å². The molecule has 2 N–H and O–H groups in total. The SMILES string of the molecule is N#CC(=CNc1ccc(C(=O)OCC(=O)c2ccccc2)cc1)c1nn[nH]n1. The third-order valence-electron chi connectivity index (χ3n) is 3.64. The maximum atomic E-state index is 12.1. The number of benzene rings is 2. The lowest BCUT2D eigenvalue weighted by molar-refractivity contribution is 0.0475. The summed E-state index contributed by atoms with van der Waals surface area (Å²) in [6.45, 7) is -0.332. The molecule has 0 aliphatic rings. The van der Waals surface area contributed by atoms with Crippen LogP contribution in [0.2, 0.25) is 0 Å². The molecule has 1 aromatic heterocycles. The number of ketones is 1. The molecule has 0 aliphatic carbocycles. The number of hydrogen-bond acceptors (Lipinski definition) is 8. The number of hydrogen-bond donors (Lipinski definition) is 2. The fraction of sp³-hybridized carbons (Fsp3) is 0.0526. The Labute approximate surface area is 159 Å². The van der Waals surface area contributed by atoms with E-state index in [1.54, 1.807) is 54.6 Å². The van der Waals surface area contributed by atoms with Crippen LogP contribution in [-0.4, -0.2) is 39.0 Å². The van der Waals surface area contributed by atoms with E-state index in [1.807, 2.05) is 6.07 Å². The van der Waals surface area contributed by atoms with Gasteiger partial charge in [-0.25, -0.2) is 4.79 Å². The predicted octanol–water partition coefficient (Wildman–Crippen LogP) is 2.22. The van der Waals surface area contributed by atoms with Crippen LogP contribution in [-0.2, 0) is 4.74 Å². The number of nitrogens with zero attached hydrogens (tertiary/aromatic N) is 4. The van der Waals surface area contributed by atoms with Crippen LogP contribution in [0.1, 0.15) is 26.5 Å². The van der Waals surface area contributed by atoms with Gasteiger partial charge in [0.15, 0.2) is 12.4 Å². The number of carbonyl (C=O) groups is 2. The van der Waals surface area contributed by atoms with Crippen LogP contribution < -0.4 is 5.32 Å². The molecule has 3 aromatic rings. The molecule has 2 aromatic carbocycles. The maximum Gasteiger partial charge on any atom is 0.338 e. The molecular weight excluding hydrogens is 360 g/mol. The van der Waals surface area contributed by atoms with Crippen molar-refractivity contribution in [3.63, 3.8) is 0 Å². The second-order valence-corrected chi connectivity index (χ2v) is 5.49. The van der Waals surface area contributed by atoms with Gasteiger partial charge in [0, 0.05) is 17.5 Å². The number of anilines is 1. The Kier molecular flexibility index (Phi) is 5.85. The number of H-pyrrole nitrogens is 1. The summed E-state index contributed by atoms with van der Waals surface area (Å²) in [7, 11) is 0. The van der Waals surface area contributed by atoms with Gasteiger partial charge in [-0.1, -0.05) is 30.3 Å². The highest BCUT2D eigenvalue weighted by Gasteiger charge is 2.11. The zero-order chi connectivity index (χ0) is 19.8. The van der Waals surface area contributed by atoms with E-state index in [0.717, 1.165) is 0 Å². The fourth-order valence-electron chi connectivity index (χ4n) is 2.20. The molecule has 3 rings (SSSR count). The number of carbonyl (C=O) groups excluding carboxylic acids is 2. The molecule has 0 amide bonds. The van der Waals surface area contributed by atoms with E-state index in [0.29, 0.717) is 16.8 Å². The fourth-order valence-corrected chi connectivity index (χ4v) is 2.20.